The van der Waals surface area contributed by atoms with Crippen LogP contribution in [-0.4, -0.2) is 25.5 Å². The van der Waals surface area contributed by atoms with Crippen molar-refractivity contribution < 1.29 is 19.0 Å². The van der Waals surface area contributed by atoms with E-state index in [1.165, 1.54) is 7.11 Å². The van der Waals surface area contributed by atoms with Crippen LogP contribution in [0, 0.1) is 0 Å². The van der Waals surface area contributed by atoms with E-state index in [4.69, 9.17) is 14.2 Å². The van der Waals surface area contributed by atoms with Crippen LogP contribution in [0.4, 0.5) is 0 Å². The van der Waals surface area contributed by atoms with E-state index in [-0.39, 0.29) is 12.4 Å². The molecule has 22 heavy (non-hydrogen) atoms. The lowest BCUT2D eigenvalue weighted by molar-refractivity contribution is -0.320. The van der Waals surface area contributed by atoms with Gasteiger partial charge in [-0.3, -0.25) is 4.79 Å². The molecule has 0 aliphatic carbocycles. The highest BCUT2D eigenvalue weighted by molar-refractivity contribution is 6.03. The Balaban J connectivity index is 2.07. The minimum absolute atomic E-state index is 0.106. The molecule has 4 heteroatoms. The van der Waals surface area contributed by atoms with Crippen molar-refractivity contribution in [2.75, 3.05) is 13.7 Å². The molecule has 1 saturated heterocycles. The molecule has 0 saturated carbocycles. The van der Waals surface area contributed by atoms with E-state index in [0.717, 1.165) is 5.56 Å². The number of ether oxygens (including phenoxy) is 3. The van der Waals surface area contributed by atoms with Gasteiger partial charge in [0.15, 0.2) is 5.60 Å². The molecular formula is C18H18O4. The number of hydrogen-bond acceptors (Lipinski definition) is 4. The monoisotopic (exact) mass is 298 g/mol. The molecule has 114 valence electrons. The maximum Gasteiger partial charge on any atom is 0.281 e. The van der Waals surface area contributed by atoms with Gasteiger partial charge in [0.1, 0.15) is 0 Å². The second-order valence-electron chi connectivity index (χ2n) is 5.35. The zero-order chi connectivity index (χ0) is 15.6. The molecule has 2 aromatic rings. The summed E-state index contributed by atoms with van der Waals surface area (Å²) < 4.78 is 16.9. The number of benzene rings is 2. The minimum Gasteiger partial charge on any atom is -0.331 e. The van der Waals surface area contributed by atoms with Gasteiger partial charge in [-0.15, -0.1) is 0 Å². The van der Waals surface area contributed by atoms with Crippen LogP contribution < -0.4 is 0 Å². The minimum atomic E-state index is -1.24. The van der Waals surface area contributed by atoms with E-state index in [0.29, 0.717) is 5.56 Å². The normalized spacial score (nSPS) is 27.7. The van der Waals surface area contributed by atoms with Crippen molar-refractivity contribution >= 4 is 5.78 Å². The molecule has 1 fully saturated rings. The molecule has 0 spiro atoms. The lowest BCUT2D eigenvalue weighted by Crippen LogP contribution is -2.41. The lowest BCUT2D eigenvalue weighted by Gasteiger charge is -2.29. The zero-order valence-electron chi connectivity index (χ0n) is 12.6. The fourth-order valence-electron chi connectivity index (χ4n) is 2.62. The van der Waals surface area contributed by atoms with Gasteiger partial charge in [-0.25, -0.2) is 0 Å². The number of hydrogen-bond donors (Lipinski definition) is 0. The molecule has 2 unspecified atom stereocenters. The zero-order valence-corrected chi connectivity index (χ0v) is 12.6. The number of ketones is 1. The Morgan fingerprint density at radius 2 is 1.64 bits per heavy atom. The van der Waals surface area contributed by atoms with Crippen molar-refractivity contribution in [3.05, 3.63) is 71.8 Å². The summed E-state index contributed by atoms with van der Waals surface area (Å²) >= 11 is 0. The largest absolute Gasteiger partial charge is 0.331 e. The fourth-order valence-corrected chi connectivity index (χ4v) is 2.62. The van der Waals surface area contributed by atoms with Crippen molar-refractivity contribution in [2.24, 2.45) is 0 Å². The number of rotatable bonds is 4. The number of methoxy groups -OCH3 is 1. The average molecular weight is 298 g/mol. The summed E-state index contributed by atoms with van der Waals surface area (Å²) in [7, 11) is 1.49. The van der Waals surface area contributed by atoms with E-state index in [1.807, 2.05) is 48.5 Å². The van der Waals surface area contributed by atoms with Gasteiger partial charge in [0.05, 0.1) is 6.61 Å². The second-order valence-corrected chi connectivity index (χ2v) is 5.35. The van der Waals surface area contributed by atoms with Crippen molar-refractivity contribution in [1.82, 2.24) is 0 Å². The summed E-state index contributed by atoms with van der Waals surface area (Å²) in [6.07, 6.45) is 0. The van der Waals surface area contributed by atoms with E-state index < -0.39 is 11.6 Å². The quantitative estimate of drug-likeness (QED) is 0.814. The van der Waals surface area contributed by atoms with Crippen LogP contribution in [0.2, 0.25) is 0 Å². The van der Waals surface area contributed by atoms with Gasteiger partial charge in [0, 0.05) is 19.6 Å². The molecule has 0 N–H and O–H groups in total. The van der Waals surface area contributed by atoms with Gasteiger partial charge >= 0.3 is 0 Å². The summed E-state index contributed by atoms with van der Waals surface area (Å²) in [5, 5.41) is 0. The topological polar surface area (TPSA) is 44.8 Å². The maximum atomic E-state index is 13.1. The summed E-state index contributed by atoms with van der Waals surface area (Å²) in [5.41, 5.74) is 0.132. The van der Waals surface area contributed by atoms with Crippen LogP contribution in [-0.2, 0) is 19.8 Å². The molecule has 2 atom stereocenters. The first kappa shape index (κ1) is 14.9. The van der Waals surface area contributed by atoms with Gasteiger partial charge in [0.2, 0.25) is 5.78 Å². The van der Waals surface area contributed by atoms with Gasteiger partial charge in [-0.05, 0) is 5.56 Å². The van der Waals surface area contributed by atoms with Crippen molar-refractivity contribution in [3.8, 4) is 0 Å². The first-order chi connectivity index (χ1) is 10.6. The van der Waals surface area contributed by atoms with Crippen LogP contribution in [0.25, 0.3) is 0 Å². The molecule has 2 aromatic carbocycles. The Kier molecular flexibility index (Phi) is 3.83. The SMILES string of the molecule is COC1(C)OCC(C(=O)c2ccccc2)(c2ccccc2)O1. The number of Topliss-reactive ketones (excluding diaryl/α,β-unsaturated/α-hetero) is 1. The molecule has 3 rings (SSSR count). The van der Waals surface area contributed by atoms with E-state index in [9.17, 15) is 4.79 Å². The van der Waals surface area contributed by atoms with Crippen LogP contribution in [0.3, 0.4) is 0 Å². The molecule has 0 radical (unpaired) electrons. The summed E-state index contributed by atoms with van der Waals surface area (Å²) in [6.45, 7) is 1.77. The fraction of sp³-hybridized carbons (Fsp3) is 0.278. The molecule has 1 heterocycles. The molecule has 4 nitrogen and oxygen atoms in total. The number of carbonyl (C=O) groups is 1. The highest BCUT2D eigenvalue weighted by atomic mass is 16.9. The Labute approximate surface area is 129 Å². The summed E-state index contributed by atoms with van der Waals surface area (Å²) in [6, 6.07) is 18.5. The standard InChI is InChI=1S/C18H18O4/c1-17(20-2)21-13-18(22-17,15-11-7-4-8-12-15)16(19)14-9-5-3-6-10-14/h3-12H,13H2,1-2H3. The van der Waals surface area contributed by atoms with Gasteiger partial charge in [-0.1, -0.05) is 60.7 Å². The Morgan fingerprint density at radius 1 is 1.05 bits per heavy atom. The predicted molar refractivity (Wildman–Crippen MR) is 81.3 cm³/mol. The Morgan fingerprint density at radius 3 is 2.18 bits per heavy atom. The molecule has 1 aliphatic heterocycles. The maximum absolute atomic E-state index is 13.1. The highest BCUT2D eigenvalue weighted by Crippen LogP contribution is 2.41. The van der Waals surface area contributed by atoms with Gasteiger partial charge < -0.3 is 14.2 Å². The van der Waals surface area contributed by atoms with Crippen LogP contribution in [0.1, 0.15) is 22.8 Å². The Hall–Kier alpha value is -2.01. The third-order valence-electron chi connectivity index (χ3n) is 3.91. The van der Waals surface area contributed by atoms with Crippen LogP contribution >= 0.6 is 0 Å². The molecular weight excluding hydrogens is 280 g/mol. The lowest BCUT2D eigenvalue weighted by atomic mass is 9.86. The number of carbonyl (C=O) groups excluding carboxylic acids is 1. The van der Waals surface area contributed by atoms with Crippen LogP contribution in [0.5, 0.6) is 0 Å². The third-order valence-corrected chi connectivity index (χ3v) is 3.91. The molecule has 0 amide bonds. The highest BCUT2D eigenvalue weighted by Gasteiger charge is 2.54. The van der Waals surface area contributed by atoms with E-state index >= 15 is 0 Å². The van der Waals surface area contributed by atoms with Crippen molar-refractivity contribution in [1.29, 1.82) is 0 Å². The van der Waals surface area contributed by atoms with Gasteiger partial charge in [0.25, 0.3) is 5.97 Å². The van der Waals surface area contributed by atoms with E-state index in [2.05, 4.69) is 0 Å². The van der Waals surface area contributed by atoms with Gasteiger partial charge in [-0.2, -0.15) is 0 Å². The molecule has 1 aliphatic rings. The van der Waals surface area contributed by atoms with E-state index in [1.54, 1.807) is 19.1 Å². The predicted octanol–water partition coefficient (Wildman–Crippen LogP) is 3.13. The summed E-state index contributed by atoms with van der Waals surface area (Å²) in [4.78, 5) is 13.1. The Bertz CT molecular complexity index is 655. The summed E-state index contributed by atoms with van der Waals surface area (Å²) in [5.74, 6) is -1.37. The first-order valence-electron chi connectivity index (χ1n) is 7.14. The van der Waals surface area contributed by atoms with Crippen molar-refractivity contribution in [3.63, 3.8) is 0 Å². The smallest absolute Gasteiger partial charge is 0.281 e. The second kappa shape index (κ2) is 5.65. The molecule has 0 bridgehead atoms. The van der Waals surface area contributed by atoms with Crippen molar-refractivity contribution in [2.45, 2.75) is 18.5 Å². The first-order valence-corrected chi connectivity index (χ1v) is 7.14. The molecule has 0 aromatic heterocycles. The third kappa shape index (κ3) is 2.46. The van der Waals surface area contributed by atoms with Crippen LogP contribution in [0.15, 0.2) is 60.7 Å². The average Bonchev–Trinajstić information content (AvgIpc) is 2.96.